The number of aromatic amines is 1. The number of aromatic nitrogens is 2. The molecule has 2 aromatic rings. The standard InChI is InChI=1S/C15H20N2S2/c1-3-19-14-6-4-5-13(14)17-12-8-7-10(2)9-11(12)16-15(17)18/h7-9,13-14H,3-6H2,1-2H3,(H,16,18). The van der Waals surface area contributed by atoms with E-state index in [2.05, 4.69) is 53.4 Å². The Labute approximate surface area is 123 Å². The molecular weight excluding hydrogens is 272 g/mol. The molecule has 1 aliphatic carbocycles. The van der Waals surface area contributed by atoms with Crippen molar-refractivity contribution in [2.24, 2.45) is 0 Å². The number of rotatable bonds is 3. The fraction of sp³-hybridized carbons (Fsp3) is 0.533. The zero-order valence-electron chi connectivity index (χ0n) is 11.5. The molecule has 102 valence electrons. The molecule has 1 saturated carbocycles. The van der Waals surface area contributed by atoms with Crippen molar-refractivity contribution < 1.29 is 0 Å². The molecule has 1 N–H and O–H groups in total. The summed E-state index contributed by atoms with van der Waals surface area (Å²) in [7, 11) is 0. The van der Waals surface area contributed by atoms with Gasteiger partial charge in [-0.25, -0.2) is 0 Å². The van der Waals surface area contributed by atoms with Crippen LogP contribution < -0.4 is 0 Å². The molecule has 0 saturated heterocycles. The zero-order chi connectivity index (χ0) is 13.4. The first-order valence-corrected chi connectivity index (χ1v) is 8.49. The molecule has 1 aromatic carbocycles. The molecule has 2 unspecified atom stereocenters. The number of aryl methyl sites for hydroxylation is 1. The van der Waals surface area contributed by atoms with Gasteiger partial charge >= 0.3 is 0 Å². The smallest absolute Gasteiger partial charge is 0.178 e. The van der Waals surface area contributed by atoms with Gasteiger partial charge in [-0.2, -0.15) is 11.8 Å². The largest absolute Gasteiger partial charge is 0.331 e. The third-order valence-corrected chi connectivity index (χ3v) is 5.61. The van der Waals surface area contributed by atoms with Gasteiger partial charge < -0.3 is 9.55 Å². The average Bonchev–Trinajstić information content (AvgIpc) is 2.92. The van der Waals surface area contributed by atoms with Crippen LogP contribution in [-0.2, 0) is 0 Å². The van der Waals surface area contributed by atoms with Gasteiger partial charge in [0, 0.05) is 11.3 Å². The summed E-state index contributed by atoms with van der Waals surface area (Å²) in [4.78, 5) is 3.38. The van der Waals surface area contributed by atoms with Gasteiger partial charge in [0.1, 0.15) is 0 Å². The zero-order valence-corrected chi connectivity index (χ0v) is 13.1. The highest BCUT2D eigenvalue weighted by Gasteiger charge is 2.30. The predicted octanol–water partition coefficient (Wildman–Crippen LogP) is 4.85. The van der Waals surface area contributed by atoms with Crippen molar-refractivity contribution in [3.63, 3.8) is 0 Å². The SMILES string of the molecule is CCSC1CCCC1n1c(=S)[nH]c2cc(C)ccc21. The minimum Gasteiger partial charge on any atom is -0.331 e. The Balaban J connectivity index is 2.09. The molecule has 3 rings (SSSR count). The molecule has 2 nitrogen and oxygen atoms in total. The van der Waals surface area contributed by atoms with E-state index in [1.165, 1.54) is 41.6 Å². The fourth-order valence-corrected chi connectivity index (χ4v) is 4.77. The third kappa shape index (κ3) is 2.36. The van der Waals surface area contributed by atoms with E-state index >= 15 is 0 Å². The second kappa shape index (κ2) is 5.33. The number of thioether (sulfide) groups is 1. The first kappa shape index (κ1) is 13.3. The minimum atomic E-state index is 0.564. The summed E-state index contributed by atoms with van der Waals surface area (Å²) in [5, 5.41) is 0.719. The van der Waals surface area contributed by atoms with Crippen molar-refractivity contribution in [1.29, 1.82) is 0 Å². The van der Waals surface area contributed by atoms with Crippen molar-refractivity contribution >= 4 is 35.0 Å². The van der Waals surface area contributed by atoms with Crippen molar-refractivity contribution in [3.05, 3.63) is 28.5 Å². The lowest BCUT2D eigenvalue weighted by molar-refractivity contribution is 0.536. The van der Waals surface area contributed by atoms with Gasteiger partial charge in [0.2, 0.25) is 0 Å². The second-order valence-corrected chi connectivity index (χ2v) is 7.22. The average molecular weight is 292 g/mol. The maximum Gasteiger partial charge on any atom is 0.178 e. The van der Waals surface area contributed by atoms with Crippen molar-refractivity contribution in [1.82, 2.24) is 9.55 Å². The van der Waals surface area contributed by atoms with E-state index in [1.54, 1.807) is 0 Å². The molecule has 0 amide bonds. The second-order valence-electron chi connectivity index (χ2n) is 5.31. The summed E-state index contributed by atoms with van der Waals surface area (Å²) < 4.78 is 3.25. The predicted molar refractivity (Wildman–Crippen MR) is 86.7 cm³/mol. The molecule has 2 atom stereocenters. The Morgan fingerprint density at radius 2 is 2.26 bits per heavy atom. The topological polar surface area (TPSA) is 20.7 Å². The lowest BCUT2D eigenvalue weighted by Gasteiger charge is -2.21. The van der Waals surface area contributed by atoms with Crippen LogP contribution in [0.2, 0.25) is 0 Å². The summed E-state index contributed by atoms with van der Waals surface area (Å²) in [6.45, 7) is 4.37. The maximum atomic E-state index is 5.57. The van der Waals surface area contributed by atoms with E-state index in [9.17, 15) is 0 Å². The molecular formula is C15H20N2S2. The monoisotopic (exact) mass is 292 g/mol. The number of imidazole rings is 1. The van der Waals surface area contributed by atoms with Crippen LogP contribution in [0.3, 0.4) is 0 Å². The minimum absolute atomic E-state index is 0.564. The highest BCUT2D eigenvalue weighted by molar-refractivity contribution is 7.99. The maximum absolute atomic E-state index is 5.57. The van der Waals surface area contributed by atoms with Gasteiger partial charge in [0.25, 0.3) is 0 Å². The summed E-state index contributed by atoms with van der Waals surface area (Å²) in [5.41, 5.74) is 3.73. The van der Waals surface area contributed by atoms with E-state index in [0.717, 1.165) is 10.0 Å². The van der Waals surface area contributed by atoms with Crippen LogP contribution in [0.5, 0.6) is 0 Å². The third-order valence-electron chi connectivity index (χ3n) is 4.00. The quantitative estimate of drug-likeness (QED) is 0.816. The summed E-state index contributed by atoms with van der Waals surface area (Å²) >= 11 is 7.65. The molecule has 19 heavy (non-hydrogen) atoms. The number of nitrogens with zero attached hydrogens (tertiary/aromatic N) is 1. The molecule has 0 aliphatic heterocycles. The number of hydrogen-bond acceptors (Lipinski definition) is 2. The Morgan fingerprint density at radius 3 is 3.05 bits per heavy atom. The van der Waals surface area contributed by atoms with Crippen LogP contribution in [0.15, 0.2) is 18.2 Å². The molecule has 1 fully saturated rings. The highest BCUT2D eigenvalue weighted by atomic mass is 32.2. The van der Waals surface area contributed by atoms with Crippen LogP contribution in [0, 0.1) is 11.7 Å². The summed E-state index contributed by atoms with van der Waals surface area (Å²) in [5.74, 6) is 1.19. The summed E-state index contributed by atoms with van der Waals surface area (Å²) in [6, 6.07) is 7.15. The van der Waals surface area contributed by atoms with Crippen LogP contribution in [0.1, 0.15) is 37.8 Å². The molecule has 0 spiro atoms. The lowest BCUT2D eigenvalue weighted by atomic mass is 10.2. The molecule has 0 radical (unpaired) electrons. The van der Waals surface area contributed by atoms with Gasteiger partial charge in [-0.05, 0) is 55.4 Å². The molecule has 1 heterocycles. The van der Waals surface area contributed by atoms with Crippen LogP contribution in [-0.4, -0.2) is 20.6 Å². The molecule has 1 aromatic heterocycles. The molecule has 4 heteroatoms. The Bertz CT molecular complexity index is 641. The van der Waals surface area contributed by atoms with E-state index in [0.29, 0.717) is 6.04 Å². The van der Waals surface area contributed by atoms with E-state index in [-0.39, 0.29) is 0 Å². The normalized spacial score (nSPS) is 23.3. The molecule has 0 bridgehead atoms. The number of nitrogens with one attached hydrogen (secondary N) is 1. The Morgan fingerprint density at radius 1 is 1.42 bits per heavy atom. The van der Waals surface area contributed by atoms with E-state index in [1.807, 2.05) is 0 Å². The van der Waals surface area contributed by atoms with Gasteiger partial charge in [-0.15, -0.1) is 0 Å². The van der Waals surface area contributed by atoms with Gasteiger partial charge in [-0.3, -0.25) is 0 Å². The number of benzene rings is 1. The van der Waals surface area contributed by atoms with Crippen molar-refractivity contribution in [3.8, 4) is 0 Å². The van der Waals surface area contributed by atoms with Gasteiger partial charge in [-0.1, -0.05) is 19.4 Å². The molecule has 1 aliphatic rings. The van der Waals surface area contributed by atoms with Crippen molar-refractivity contribution in [2.45, 2.75) is 44.4 Å². The number of fused-ring (bicyclic) bond motifs is 1. The van der Waals surface area contributed by atoms with Crippen LogP contribution in [0.25, 0.3) is 11.0 Å². The van der Waals surface area contributed by atoms with E-state index < -0.39 is 0 Å². The Hall–Kier alpha value is -0.740. The summed E-state index contributed by atoms with van der Waals surface area (Å²) in [6.07, 6.45) is 3.90. The van der Waals surface area contributed by atoms with Crippen LogP contribution in [0.4, 0.5) is 0 Å². The van der Waals surface area contributed by atoms with Gasteiger partial charge in [0.05, 0.1) is 11.0 Å². The number of hydrogen-bond donors (Lipinski definition) is 1. The number of H-pyrrole nitrogens is 1. The Kier molecular flexibility index (Phi) is 3.72. The van der Waals surface area contributed by atoms with E-state index in [4.69, 9.17) is 12.2 Å². The first-order valence-electron chi connectivity index (χ1n) is 7.03. The highest BCUT2D eigenvalue weighted by Crippen LogP contribution is 2.40. The fourth-order valence-electron chi connectivity index (χ4n) is 3.18. The van der Waals surface area contributed by atoms with Gasteiger partial charge in [0.15, 0.2) is 4.77 Å². The first-order chi connectivity index (χ1) is 9.20. The van der Waals surface area contributed by atoms with Crippen LogP contribution >= 0.6 is 24.0 Å². The lowest BCUT2D eigenvalue weighted by Crippen LogP contribution is -2.16. The van der Waals surface area contributed by atoms with Crippen molar-refractivity contribution in [2.75, 3.05) is 5.75 Å².